The van der Waals surface area contributed by atoms with E-state index in [9.17, 15) is 14.9 Å². The number of nitriles is 1. The number of anilines is 1. The normalized spacial score (nSPS) is 12.7. The van der Waals surface area contributed by atoms with Crippen molar-refractivity contribution < 1.29 is 19.1 Å². The first-order valence-electron chi connectivity index (χ1n) is 9.28. The lowest BCUT2D eigenvalue weighted by molar-refractivity contribution is -0.144. The highest BCUT2D eigenvalue weighted by molar-refractivity contribution is 7.18. The van der Waals surface area contributed by atoms with Crippen molar-refractivity contribution in [3.63, 3.8) is 0 Å². The Morgan fingerprint density at radius 2 is 1.96 bits per heavy atom. The minimum Gasteiger partial charge on any atom is -0.462 e. The number of fused-ring (bicyclic) bond motifs is 1. The SMILES string of the molecule is CCOC(=O)c1sc(N)c(C#N)c1COC(=O)Cc1ccc2c(c1)CCCC2. The van der Waals surface area contributed by atoms with E-state index in [0.717, 1.165) is 29.7 Å². The highest BCUT2D eigenvalue weighted by Crippen LogP contribution is 2.32. The minimum atomic E-state index is -0.568. The third kappa shape index (κ3) is 4.34. The molecule has 0 unspecified atom stereocenters. The third-order valence-corrected chi connectivity index (χ3v) is 5.79. The number of hydrogen-bond donors (Lipinski definition) is 1. The van der Waals surface area contributed by atoms with Crippen molar-refractivity contribution in [1.29, 1.82) is 5.26 Å². The van der Waals surface area contributed by atoms with E-state index in [4.69, 9.17) is 15.2 Å². The van der Waals surface area contributed by atoms with Crippen LogP contribution < -0.4 is 5.73 Å². The number of carbonyl (C=O) groups excluding carboxylic acids is 2. The van der Waals surface area contributed by atoms with Crippen molar-refractivity contribution in [3.05, 3.63) is 50.9 Å². The fourth-order valence-corrected chi connectivity index (χ4v) is 4.29. The van der Waals surface area contributed by atoms with Crippen LogP contribution in [0.5, 0.6) is 0 Å². The number of esters is 2. The Labute approximate surface area is 167 Å². The van der Waals surface area contributed by atoms with E-state index < -0.39 is 11.9 Å². The topological polar surface area (TPSA) is 102 Å². The van der Waals surface area contributed by atoms with E-state index in [1.54, 1.807) is 6.92 Å². The molecule has 146 valence electrons. The van der Waals surface area contributed by atoms with Crippen molar-refractivity contribution in [2.75, 3.05) is 12.3 Å². The van der Waals surface area contributed by atoms with Crippen molar-refractivity contribution >= 4 is 28.3 Å². The number of ether oxygens (including phenoxy) is 2. The van der Waals surface area contributed by atoms with E-state index in [1.165, 1.54) is 24.0 Å². The van der Waals surface area contributed by atoms with Crippen molar-refractivity contribution in [1.82, 2.24) is 0 Å². The first-order valence-corrected chi connectivity index (χ1v) is 10.1. The molecule has 2 aromatic rings. The molecule has 6 nitrogen and oxygen atoms in total. The molecule has 1 aromatic heterocycles. The van der Waals surface area contributed by atoms with Gasteiger partial charge in [0.15, 0.2) is 0 Å². The van der Waals surface area contributed by atoms with Crippen molar-refractivity contribution in [2.24, 2.45) is 0 Å². The van der Waals surface area contributed by atoms with Crippen LogP contribution in [-0.2, 0) is 40.1 Å². The maximum atomic E-state index is 12.3. The van der Waals surface area contributed by atoms with Crippen molar-refractivity contribution in [2.45, 2.75) is 45.6 Å². The molecule has 0 radical (unpaired) electrons. The second kappa shape index (κ2) is 8.89. The molecule has 7 heteroatoms. The smallest absolute Gasteiger partial charge is 0.348 e. The monoisotopic (exact) mass is 398 g/mol. The summed E-state index contributed by atoms with van der Waals surface area (Å²) >= 11 is 0.974. The summed E-state index contributed by atoms with van der Waals surface area (Å²) in [4.78, 5) is 24.6. The van der Waals surface area contributed by atoms with Gasteiger partial charge in [-0.15, -0.1) is 11.3 Å². The van der Waals surface area contributed by atoms with E-state index in [1.807, 2.05) is 12.1 Å². The maximum Gasteiger partial charge on any atom is 0.348 e. The number of rotatable bonds is 6. The molecule has 1 aliphatic rings. The van der Waals surface area contributed by atoms with Crippen LogP contribution in [0.25, 0.3) is 0 Å². The molecule has 0 spiro atoms. The summed E-state index contributed by atoms with van der Waals surface area (Å²) in [7, 11) is 0. The minimum absolute atomic E-state index is 0.142. The van der Waals surface area contributed by atoms with Crippen LogP contribution in [0, 0.1) is 11.3 Å². The van der Waals surface area contributed by atoms with Crippen LogP contribution >= 0.6 is 11.3 Å². The molecule has 0 saturated heterocycles. The lowest BCUT2D eigenvalue weighted by Gasteiger charge is -2.16. The second-order valence-corrected chi connectivity index (χ2v) is 7.68. The van der Waals surface area contributed by atoms with Gasteiger partial charge in [0, 0.05) is 5.56 Å². The lowest BCUT2D eigenvalue weighted by atomic mass is 9.90. The van der Waals surface area contributed by atoms with Gasteiger partial charge >= 0.3 is 11.9 Å². The molecule has 0 fully saturated rings. The first-order chi connectivity index (χ1) is 13.5. The molecule has 0 atom stereocenters. The zero-order valence-electron chi connectivity index (χ0n) is 15.7. The number of nitrogens with zero attached hydrogens (tertiary/aromatic N) is 1. The zero-order chi connectivity index (χ0) is 20.1. The standard InChI is InChI=1S/C21H22N2O4S/c1-2-26-21(25)19-17(16(11-22)20(23)28-19)12-27-18(24)10-13-7-8-14-5-3-4-6-15(14)9-13/h7-9H,2-6,10,12,23H2,1H3. The van der Waals surface area contributed by atoms with E-state index in [0.29, 0.717) is 5.56 Å². The van der Waals surface area contributed by atoms with Crippen LogP contribution in [0.3, 0.4) is 0 Å². The molecular formula is C21H22N2O4S. The zero-order valence-corrected chi connectivity index (χ0v) is 16.6. The van der Waals surface area contributed by atoms with Gasteiger partial charge in [0.2, 0.25) is 0 Å². The van der Waals surface area contributed by atoms with Crippen LogP contribution in [0.4, 0.5) is 5.00 Å². The Kier molecular flexibility index (Phi) is 6.32. The molecule has 2 N–H and O–H groups in total. The van der Waals surface area contributed by atoms with E-state index >= 15 is 0 Å². The Morgan fingerprint density at radius 1 is 1.21 bits per heavy atom. The highest BCUT2D eigenvalue weighted by Gasteiger charge is 2.24. The van der Waals surface area contributed by atoms with Gasteiger partial charge in [-0.1, -0.05) is 18.2 Å². The highest BCUT2D eigenvalue weighted by atomic mass is 32.1. The summed E-state index contributed by atoms with van der Waals surface area (Å²) in [6.45, 7) is 1.71. The van der Waals surface area contributed by atoms with Crippen molar-refractivity contribution in [3.8, 4) is 6.07 Å². The number of thiophene rings is 1. The van der Waals surface area contributed by atoms with E-state index in [2.05, 4.69) is 12.1 Å². The summed E-state index contributed by atoms with van der Waals surface area (Å²) < 4.78 is 10.4. The molecule has 28 heavy (non-hydrogen) atoms. The number of nitrogens with two attached hydrogens (primary N) is 1. The summed E-state index contributed by atoms with van der Waals surface area (Å²) in [6, 6.07) is 8.09. The average Bonchev–Trinajstić information content (AvgIpc) is 3.02. The summed E-state index contributed by atoms with van der Waals surface area (Å²) in [5.41, 5.74) is 9.86. The number of benzene rings is 1. The molecule has 3 rings (SSSR count). The Hall–Kier alpha value is -2.85. The van der Waals surface area contributed by atoms with Gasteiger partial charge in [-0.05, 0) is 49.3 Å². The molecule has 1 aliphatic carbocycles. The van der Waals surface area contributed by atoms with Crippen LogP contribution in [0.2, 0.25) is 0 Å². The van der Waals surface area contributed by atoms with Crippen LogP contribution in [-0.4, -0.2) is 18.5 Å². The Bertz CT molecular complexity index is 943. The predicted octanol–water partition coefficient (Wildman–Crippen LogP) is 3.54. The predicted molar refractivity (Wildman–Crippen MR) is 106 cm³/mol. The summed E-state index contributed by atoms with van der Waals surface area (Å²) in [6.07, 6.45) is 4.66. The average molecular weight is 398 g/mol. The fourth-order valence-electron chi connectivity index (χ4n) is 3.37. The number of nitrogen functional groups attached to an aromatic ring is 1. The molecule has 0 amide bonds. The largest absolute Gasteiger partial charge is 0.462 e. The third-order valence-electron chi connectivity index (χ3n) is 4.75. The quantitative estimate of drug-likeness (QED) is 0.747. The van der Waals surface area contributed by atoms with Gasteiger partial charge in [-0.2, -0.15) is 5.26 Å². The van der Waals surface area contributed by atoms with Crippen LogP contribution in [0.15, 0.2) is 18.2 Å². The Balaban J connectivity index is 1.69. The number of aryl methyl sites for hydroxylation is 2. The molecule has 0 bridgehead atoms. The van der Waals surface area contributed by atoms with Gasteiger partial charge in [0.05, 0.1) is 18.6 Å². The number of hydrogen-bond acceptors (Lipinski definition) is 7. The molecule has 0 saturated carbocycles. The first kappa shape index (κ1) is 19.9. The molecule has 0 aliphatic heterocycles. The summed E-state index contributed by atoms with van der Waals surface area (Å²) in [5.74, 6) is -0.985. The van der Waals surface area contributed by atoms with Gasteiger partial charge in [0.25, 0.3) is 0 Å². The van der Waals surface area contributed by atoms with Gasteiger partial charge in [-0.3, -0.25) is 4.79 Å². The number of carbonyl (C=O) groups is 2. The maximum absolute atomic E-state index is 12.3. The molecule has 1 aromatic carbocycles. The fraction of sp³-hybridized carbons (Fsp3) is 0.381. The van der Waals surface area contributed by atoms with Crippen LogP contribution in [0.1, 0.15) is 57.3 Å². The molecule has 1 heterocycles. The second-order valence-electron chi connectivity index (χ2n) is 6.63. The lowest BCUT2D eigenvalue weighted by Crippen LogP contribution is -2.12. The van der Waals surface area contributed by atoms with E-state index in [-0.39, 0.29) is 35.1 Å². The summed E-state index contributed by atoms with van der Waals surface area (Å²) in [5, 5.41) is 9.54. The van der Waals surface area contributed by atoms with Gasteiger partial charge in [-0.25, -0.2) is 4.79 Å². The van der Waals surface area contributed by atoms with Gasteiger partial charge in [0.1, 0.15) is 22.6 Å². The Morgan fingerprint density at radius 3 is 2.68 bits per heavy atom. The van der Waals surface area contributed by atoms with Gasteiger partial charge < -0.3 is 15.2 Å². The molecular weight excluding hydrogens is 376 g/mol.